The molecule has 0 aliphatic heterocycles. The zero-order chi connectivity index (χ0) is 17.8. The predicted octanol–water partition coefficient (Wildman–Crippen LogP) is 3.90. The Morgan fingerprint density at radius 2 is 1.88 bits per heavy atom. The number of nitrogens with zero attached hydrogens (tertiary/aromatic N) is 1. The van der Waals surface area contributed by atoms with Gasteiger partial charge in [0.1, 0.15) is 5.75 Å². The lowest BCUT2D eigenvalue weighted by molar-refractivity contribution is 0.0366. The largest absolute Gasteiger partial charge is 0.497 e. The van der Waals surface area contributed by atoms with Gasteiger partial charge in [-0.2, -0.15) is 0 Å². The van der Waals surface area contributed by atoms with E-state index in [4.69, 9.17) is 14.6 Å². The number of rotatable bonds is 5. The molecule has 0 bridgehead atoms. The number of nitrogens with one attached hydrogen (secondary N) is 1. The third-order valence-electron chi connectivity index (χ3n) is 3.90. The first-order chi connectivity index (χ1) is 12.1. The highest BCUT2D eigenvalue weighted by molar-refractivity contribution is 6.07. The molecule has 1 aromatic heterocycles. The van der Waals surface area contributed by atoms with E-state index in [9.17, 15) is 4.79 Å². The van der Waals surface area contributed by atoms with Gasteiger partial charge < -0.3 is 4.74 Å². The second kappa shape index (κ2) is 7.32. The highest BCUT2D eigenvalue weighted by Gasteiger charge is 2.14. The summed E-state index contributed by atoms with van der Waals surface area (Å²) < 4.78 is 5.19. The second-order valence-corrected chi connectivity index (χ2v) is 5.67. The van der Waals surface area contributed by atoms with Crippen LogP contribution in [0.3, 0.4) is 0 Å². The molecule has 1 amide bonds. The molecule has 0 aliphatic carbocycles. The van der Waals surface area contributed by atoms with Gasteiger partial charge in [-0.05, 0) is 56.3 Å². The third-order valence-corrected chi connectivity index (χ3v) is 3.90. The van der Waals surface area contributed by atoms with Crippen LogP contribution in [-0.2, 0) is 4.84 Å². The van der Waals surface area contributed by atoms with Crippen molar-refractivity contribution < 1.29 is 14.4 Å². The maximum atomic E-state index is 12.5. The molecule has 1 N–H and O–H groups in total. The van der Waals surface area contributed by atoms with Crippen LogP contribution in [0.1, 0.15) is 22.8 Å². The molecule has 1 heterocycles. The number of fused-ring (bicyclic) bond motifs is 1. The number of aromatic nitrogens is 1. The molecule has 0 spiro atoms. The van der Waals surface area contributed by atoms with Crippen LogP contribution in [0, 0.1) is 6.92 Å². The van der Waals surface area contributed by atoms with Gasteiger partial charge in [0.25, 0.3) is 5.91 Å². The number of carbonyl (C=O) groups excluding carboxylic acids is 1. The Bertz CT molecular complexity index is 905. The Hall–Kier alpha value is -2.92. The van der Waals surface area contributed by atoms with Crippen molar-refractivity contribution in [3.05, 3.63) is 59.7 Å². The monoisotopic (exact) mass is 336 g/mol. The van der Waals surface area contributed by atoms with Gasteiger partial charge >= 0.3 is 0 Å². The van der Waals surface area contributed by atoms with E-state index in [1.807, 2.05) is 56.3 Å². The number of methoxy groups -OCH3 is 1. The fourth-order valence-corrected chi connectivity index (χ4v) is 2.63. The van der Waals surface area contributed by atoms with Crippen molar-refractivity contribution in [1.82, 2.24) is 10.5 Å². The number of hydroxylamine groups is 1. The van der Waals surface area contributed by atoms with E-state index in [1.165, 1.54) is 0 Å². The molecule has 25 heavy (non-hydrogen) atoms. The van der Waals surface area contributed by atoms with Crippen LogP contribution in [0.25, 0.3) is 22.2 Å². The third kappa shape index (κ3) is 3.61. The zero-order valence-corrected chi connectivity index (χ0v) is 14.5. The Labute approximate surface area is 146 Å². The minimum atomic E-state index is -0.283. The van der Waals surface area contributed by atoms with E-state index in [2.05, 4.69) is 5.48 Å². The van der Waals surface area contributed by atoms with E-state index in [1.54, 1.807) is 13.2 Å². The molecule has 5 nitrogen and oxygen atoms in total. The van der Waals surface area contributed by atoms with Crippen LogP contribution in [0.4, 0.5) is 0 Å². The van der Waals surface area contributed by atoms with E-state index >= 15 is 0 Å². The predicted molar refractivity (Wildman–Crippen MR) is 97.6 cm³/mol. The fourth-order valence-electron chi connectivity index (χ4n) is 2.63. The van der Waals surface area contributed by atoms with Crippen LogP contribution in [0.2, 0.25) is 0 Å². The van der Waals surface area contributed by atoms with Gasteiger partial charge in [0.05, 0.1) is 30.5 Å². The van der Waals surface area contributed by atoms with Crippen molar-refractivity contribution in [2.75, 3.05) is 13.7 Å². The summed E-state index contributed by atoms with van der Waals surface area (Å²) in [6, 6.07) is 15.2. The first kappa shape index (κ1) is 16.9. The molecular weight excluding hydrogens is 316 g/mol. The number of hydrogen-bond donors (Lipinski definition) is 1. The first-order valence-electron chi connectivity index (χ1n) is 8.10. The molecule has 0 aliphatic rings. The topological polar surface area (TPSA) is 60.5 Å². The number of pyridine rings is 1. The molecule has 0 unspecified atom stereocenters. The summed E-state index contributed by atoms with van der Waals surface area (Å²) in [6.45, 7) is 4.21. The summed E-state index contributed by atoms with van der Waals surface area (Å²) in [5.74, 6) is 0.490. The Kier molecular flexibility index (Phi) is 4.95. The zero-order valence-electron chi connectivity index (χ0n) is 14.5. The average Bonchev–Trinajstić information content (AvgIpc) is 2.65. The second-order valence-electron chi connectivity index (χ2n) is 5.67. The van der Waals surface area contributed by atoms with Crippen molar-refractivity contribution in [3.63, 3.8) is 0 Å². The fraction of sp³-hybridized carbons (Fsp3) is 0.200. The van der Waals surface area contributed by atoms with Crippen molar-refractivity contribution in [1.29, 1.82) is 0 Å². The Morgan fingerprint density at radius 3 is 2.56 bits per heavy atom. The number of ether oxygens (including phenoxy) is 1. The summed E-state index contributed by atoms with van der Waals surface area (Å²) >= 11 is 0. The summed E-state index contributed by atoms with van der Waals surface area (Å²) in [5.41, 5.74) is 6.47. The number of benzene rings is 2. The number of amides is 1. The van der Waals surface area contributed by atoms with E-state index in [-0.39, 0.29) is 5.91 Å². The Morgan fingerprint density at radius 1 is 1.12 bits per heavy atom. The smallest absolute Gasteiger partial charge is 0.275 e. The quantitative estimate of drug-likeness (QED) is 0.718. The van der Waals surface area contributed by atoms with Crippen molar-refractivity contribution in [2.24, 2.45) is 0 Å². The molecule has 3 rings (SSSR count). The number of carbonyl (C=O) groups is 1. The molecule has 0 radical (unpaired) electrons. The van der Waals surface area contributed by atoms with Crippen molar-refractivity contribution >= 4 is 16.8 Å². The SMILES string of the molecule is CCONC(=O)c1cc(-c2ccc(OC)cc2)nc2ccc(C)cc12. The van der Waals surface area contributed by atoms with Crippen LogP contribution in [0.15, 0.2) is 48.5 Å². The summed E-state index contributed by atoms with van der Waals surface area (Å²) in [6.07, 6.45) is 0. The summed E-state index contributed by atoms with van der Waals surface area (Å²) in [5, 5.41) is 0.800. The van der Waals surface area contributed by atoms with E-state index < -0.39 is 0 Å². The highest BCUT2D eigenvalue weighted by Crippen LogP contribution is 2.27. The molecule has 0 fully saturated rings. The van der Waals surface area contributed by atoms with E-state index in [0.29, 0.717) is 12.2 Å². The van der Waals surface area contributed by atoms with Crippen LogP contribution < -0.4 is 10.2 Å². The van der Waals surface area contributed by atoms with Gasteiger partial charge in [-0.25, -0.2) is 10.5 Å². The maximum absolute atomic E-state index is 12.5. The first-order valence-corrected chi connectivity index (χ1v) is 8.10. The van der Waals surface area contributed by atoms with Gasteiger partial charge in [0.15, 0.2) is 0 Å². The molecular formula is C20H20N2O3. The normalized spacial score (nSPS) is 10.7. The lowest BCUT2D eigenvalue weighted by Gasteiger charge is -2.11. The van der Waals surface area contributed by atoms with Gasteiger partial charge in [0, 0.05) is 10.9 Å². The van der Waals surface area contributed by atoms with Gasteiger partial charge in [-0.15, -0.1) is 0 Å². The average molecular weight is 336 g/mol. The Balaban J connectivity index is 2.13. The minimum Gasteiger partial charge on any atom is -0.497 e. The molecule has 0 saturated carbocycles. The number of aryl methyl sites for hydroxylation is 1. The molecule has 0 atom stereocenters. The van der Waals surface area contributed by atoms with Gasteiger partial charge in [0.2, 0.25) is 0 Å². The van der Waals surface area contributed by atoms with Crippen LogP contribution in [0.5, 0.6) is 5.75 Å². The minimum absolute atomic E-state index is 0.283. The van der Waals surface area contributed by atoms with Crippen LogP contribution >= 0.6 is 0 Å². The molecule has 5 heteroatoms. The summed E-state index contributed by atoms with van der Waals surface area (Å²) in [7, 11) is 1.63. The molecule has 2 aromatic carbocycles. The highest BCUT2D eigenvalue weighted by atomic mass is 16.6. The van der Waals surface area contributed by atoms with Gasteiger partial charge in [-0.1, -0.05) is 11.6 Å². The van der Waals surface area contributed by atoms with Crippen molar-refractivity contribution in [2.45, 2.75) is 13.8 Å². The lowest BCUT2D eigenvalue weighted by Crippen LogP contribution is -2.24. The van der Waals surface area contributed by atoms with Crippen molar-refractivity contribution in [3.8, 4) is 17.0 Å². The number of hydrogen-bond acceptors (Lipinski definition) is 4. The summed E-state index contributed by atoms with van der Waals surface area (Å²) in [4.78, 5) is 22.3. The van der Waals surface area contributed by atoms with E-state index in [0.717, 1.165) is 33.5 Å². The standard InChI is InChI=1S/C20H20N2O3/c1-4-25-22-20(23)17-12-19(14-6-8-15(24-3)9-7-14)21-18-10-5-13(2)11-16(17)18/h5-12H,4H2,1-3H3,(H,22,23). The molecule has 0 saturated heterocycles. The van der Waals surface area contributed by atoms with Gasteiger partial charge in [-0.3, -0.25) is 9.63 Å². The van der Waals surface area contributed by atoms with Crippen LogP contribution in [-0.4, -0.2) is 24.6 Å². The molecule has 128 valence electrons. The lowest BCUT2D eigenvalue weighted by atomic mass is 10.0. The maximum Gasteiger partial charge on any atom is 0.275 e. The molecule has 3 aromatic rings.